The van der Waals surface area contributed by atoms with E-state index in [9.17, 15) is 18.4 Å². The molecule has 1 aliphatic rings. The van der Waals surface area contributed by atoms with Crippen LogP contribution in [0.3, 0.4) is 0 Å². The Morgan fingerprint density at radius 1 is 1.00 bits per heavy atom. The second-order valence-corrected chi connectivity index (χ2v) is 11.9. The topological polar surface area (TPSA) is 96.0 Å². The number of aromatic nitrogens is 1. The summed E-state index contributed by atoms with van der Waals surface area (Å²) in [6.45, 7) is 2.36. The van der Waals surface area contributed by atoms with Crippen molar-refractivity contribution in [1.82, 2.24) is 10.3 Å². The first-order valence-electron chi connectivity index (χ1n) is 13.6. The molecule has 1 heterocycles. The molecular formula is C31H32Cl2F2N2O6. The highest BCUT2D eigenvalue weighted by atomic mass is 35.5. The van der Waals surface area contributed by atoms with Gasteiger partial charge in [-0.2, -0.15) is 8.78 Å². The number of benzene rings is 2. The van der Waals surface area contributed by atoms with Crippen LogP contribution in [0.2, 0.25) is 10.0 Å². The summed E-state index contributed by atoms with van der Waals surface area (Å²) >= 11 is 12.8. The fourth-order valence-corrected chi connectivity index (χ4v) is 4.65. The van der Waals surface area contributed by atoms with Crippen molar-refractivity contribution < 1.29 is 37.3 Å². The quantitative estimate of drug-likeness (QED) is 0.202. The highest BCUT2D eigenvalue weighted by Gasteiger charge is 2.31. The van der Waals surface area contributed by atoms with Crippen LogP contribution < -0.4 is 14.8 Å². The molecule has 1 fully saturated rings. The highest BCUT2D eigenvalue weighted by molar-refractivity contribution is 6.35. The minimum Gasteiger partial charge on any atom is -0.489 e. The molecule has 1 N–H and O–H groups in total. The van der Waals surface area contributed by atoms with E-state index in [4.69, 9.17) is 37.4 Å². The molecule has 12 heteroatoms. The van der Waals surface area contributed by atoms with Gasteiger partial charge in [-0.1, -0.05) is 59.6 Å². The van der Waals surface area contributed by atoms with E-state index < -0.39 is 36.4 Å². The van der Waals surface area contributed by atoms with Gasteiger partial charge < -0.3 is 24.3 Å². The van der Waals surface area contributed by atoms with Gasteiger partial charge in [-0.15, -0.1) is 0 Å². The van der Waals surface area contributed by atoms with E-state index in [0.717, 1.165) is 12.8 Å². The lowest BCUT2D eigenvalue weighted by Crippen LogP contribution is -2.39. The summed E-state index contributed by atoms with van der Waals surface area (Å²) in [6.07, 6.45) is 2.91. The molecule has 0 radical (unpaired) electrons. The van der Waals surface area contributed by atoms with Crippen molar-refractivity contribution in [2.24, 2.45) is 5.92 Å². The number of alkyl halides is 2. The van der Waals surface area contributed by atoms with Crippen LogP contribution in [0.5, 0.6) is 11.5 Å². The maximum Gasteiger partial charge on any atom is 0.408 e. The lowest BCUT2D eigenvalue weighted by molar-refractivity contribution is -0.152. The number of ether oxygens (including phenoxy) is 4. The highest BCUT2D eigenvalue weighted by Crippen LogP contribution is 2.38. The van der Waals surface area contributed by atoms with Crippen LogP contribution in [0.15, 0.2) is 60.9 Å². The largest absolute Gasteiger partial charge is 0.489 e. The van der Waals surface area contributed by atoms with E-state index >= 15 is 0 Å². The van der Waals surface area contributed by atoms with Gasteiger partial charge in [0, 0.05) is 18.8 Å². The second-order valence-electron chi connectivity index (χ2n) is 11.0. The number of nitrogens with one attached hydrogen (secondary N) is 1. The van der Waals surface area contributed by atoms with Crippen LogP contribution in [0.25, 0.3) is 0 Å². The average Bonchev–Trinajstić information content (AvgIpc) is 3.76. The molecule has 1 saturated carbocycles. The Hall–Kier alpha value is -3.63. The fourth-order valence-electron chi connectivity index (χ4n) is 4.13. The number of amides is 1. The molecule has 0 bridgehead atoms. The summed E-state index contributed by atoms with van der Waals surface area (Å²) in [5, 5.41) is 3.07. The zero-order valence-corrected chi connectivity index (χ0v) is 25.3. The standard InChI is InChI=1S/C31H32Cl2F2N2O6/c1-31(2,3)43-30(39)37-27(19-7-5-4-6-8-19)28(38)41-25(14-21-22(32)15-36-16-23(21)33)20-11-12-24(42-29(34)35)26(13-20)40-17-18-9-10-18/h4-8,11-13,15-16,18,25,27,29H,9-10,14,17H2,1-3H3,(H,37,39)/t25?,27-/m1/s1. The average molecular weight is 638 g/mol. The molecule has 43 heavy (non-hydrogen) atoms. The maximum absolute atomic E-state index is 13.8. The Morgan fingerprint density at radius 3 is 2.28 bits per heavy atom. The zero-order valence-electron chi connectivity index (χ0n) is 23.8. The molecular weight excluding hydrogens is 605 g/mol. The number of esters is 1. The second kappa shape index (κ2) is 14.2. The molecule has 2 aromatic carbocycles. The van der Waals surface area contributed by atoms with Gasteiger partial charge in [0.15, 0.2) is 17.5 Å². The van der Waals surface area contributed by atoms with Crippen molar-refractivity contribution in [3.8, 4) is 11.5 Å². The zero-order chi connectivity index (χ0) is 31.1. The molecule has 1 aromatic heterocycles. The van der Waals surface area contributed by atoms with Crippen molar-refractivity contribution >= 4 is 35.3 Å². The van der Waals surface area contributed by atoms with Gasteiger partial charge in [0.2, 0.25) is 0 Å². The van der Waals surface area contributed by atoms with Crippen LogP contribution in [0, 0.1) is 5.92 Å². The van der Waals surface area contributed by atoms with Crippen LogP contribution >= 0.6 is 23.2 Å². The van der Waals surface area contributed by atoms with Gasteiger partial charge in [0.25, 0.3) is 0 Å². The molecule has 0 saturated heterocycles. The molecule has 1 amide bonds. The smallest absolute Gasteiger partial charge is 0.408 e. The number of nitrogens with zero attached hydrogens (tertiary/aromatic N) is 1. The third-order valence-corrected chi connectivity index (χ3v) is 7.01. The third kappa shape index (κ3) is 9.69. The minimum absolute atomic E-state index is 0.00299. The first kappa shape index (κ1) is 32.3. The molecule has 0 spiro atoms. The normalized spacial score (nSPS) is 14.5. The molecule has 0 aliphatic heterocycles. The summed E-state index contributed by atoms with van der Waals surface area (Å²) in [7, 11) is 0. The Kier molecular flexibility index (Phi) is 10.7. The predicted molar refractivity (Wildman–Crippen MR) is 157 cm³/mol. The van der Waals surface area contributed by atoms with Crippen molar-refractivity contribution in [3.05, 3.63) is 87.7 Å². The fraction of sp³-hybridized carbons (Fsp3) is 0.387. The third-order valence-electron chi connectivity index (χ3n) is 6.36. The van der Waals surface area contributed by atoms with Crippen LogP contribution in [0.1, 0.15) is 62.4 Å². The van der Waals surface area contributed by atoms with Crippen LogP contribution in [-0.4, -0.2) is 35.9 Å². The summed E-state index contributed by atoms with van der Waals surface area (Å²) < 4.78 is 48.2. The Bertz CT molecular complexity index is 1400. The van der Waals surface area contributed by atoms with E-state index in [0.29, 0.717) is 29.2 Å². The lowest BCUT2D eigenvalue weighted by Gasteiger charge is -2.26. The summed E-state index contributed by atoms with van der Waals surface area (Å²) in [4.78, 5) is 30.5. The van der Waals surface area contributed by atoms with Gasteiger partial charge in [-0.25, -0.2) is 9.59 Å². The first-order valence-corrected chi connectivity index (χ1v) is 14.4. The monoisotopic (exact) mass is 636 g/mol. The molecule has 230 valence electrons. The number of halogens is 4. The first-order chi connectivity index (χ1) is 20.4. The molecule has 1 unspecified atom stereocenters. The van der Waals surface area contributed by atoms with Crippen molar-refractivity contribution in [2.45, 2.75) is 64.4 Å². The number of carbonyl (C=O) groups excluding carboxylic acids is 2. The van der Waals surface area contributed by atoms with Gasteiger partial charge >= 0.3 is 18.7 Å². The number of hydrogen-bond acceptors (Lipinski definition) is 7. The summed E-state index contributed by atoms with van der Waals surface area (Å²) in [6, 6.07) is 11.6. The molecule has 2 atom stereocenters. The molecule has 4 rings (SSSR count). The van der Waals surface area contributed by atoms with Gasteiger partial charge in [0.1, 0.15) is 11.7 Å². The van der Waals surface area contributed by atoms with Crippen molar-refractivity contribution in [3.63, 3.8) is 0 Å². The Morgan fingerprint density at radius 2 is 1.67 bits per heavy atom. The van der Waals surface area contributed by atoms with E-state index in [2.05, 4.69) is 15.0 Å². The summed E-state index contributed by atoms with van der Waals surface area (Å²) in [5.41, 5.74) is 0.478. The molecule has 3 aromatic rings. The Balaban J connectivity index is 1.69. The molecule has 1 aliphatic carbocycles. The van der Waals surface area contributed by atoms with Crippen LogP contribution in [0.4, 0.5) is 13.6 Å². The number of hydrogen-bond donors (Lipinski definition) is 1. The lowest BCUT2D eigenvalue weighted by atomic mass is 10.0. The maximum atomic E-state index is 13.8. The minimum atomic E-state index is -3.07. The Labute approximate surface area is 258 Å². The van der Waals surface area contributed by atoms with E-state index in [-0.39, 0.29) is 28.0 Å². The number of alkyl carbamates (subject to hydrolysis) is 1. The van der Waals surface area contributed by atoms with E-state index in [1.54, 1.807) is 51.1 Å². The summed E-state index contributed by atoms with van der Waals surface area (Å²) in [5.74, 6) is -0.559. The van der Waals surface area contributed by atoms with Crippen LogP contribution in [-0.2, 0) is 20.7 Å². The van der Waals surface area contributed by atoms with Gasteiger partial charge in [-0.3, -0.25) is 4.98 Å². The van der Waals surface area contributed by atoms with E-state index in [1.807, 2.05) is 0 Å². The molecule has 8 nitrogen and oxygen atoms in total. The number of carbonyl (C=O) groups is 2. The predicted octanol–water partition coefficient (Wildman–Crippen LogP) is 7.87. The number of pyridine rings is 1. The van der Waals surface area contributed by atoms with E-state index in [1.165, 1.54) is 30.6 Å². The van der Waals surface area contributed by atoms with Gasteiger partial charge in [0.05, 0.1) is 16.7 Å². The van der Waals surface area contributed by atoms with Gasteiger partial charge in [-0.05, 0) is 68.4 Å². The number of rotatable bonds is 12. The SMILES string of the molecule is CC(C)(C)OC(=O)N[C@@H](C(=O)OC(Cc1c(Cl)cncc1Cl)c1ccc(OC(F)F)c(OCC2CC2)c1)c1ccccc1. The van der Waals surface area contributed by atoms with Crippen molar-refractivity contribution in [1.29, 1.82) is 0 Å². The van der Waals surface area contributed by atoms with Crippen molar-refractivity contribution in [2.75, 3.05) is 6.61 Å².